The number of aromatic nitrogens is 2. The van der Waals surface area contributed by atoms with E-state index in [4.69, 9.17) is 10.3 Å². The quantitative estimate of drug-likeness (QED) is 0.881. The summed E-state index contributed by atoms with van der Waals surface area (Å²) in [5, 5.41) is 13.8. The van der Waals surface area contributed by atoms with E-state index in [0.717, 1.165) is 23.6 Å². The fourth-order valence-electron chi connectivity index (χ4n) is 5.18. The number of hydrogen-bond acceptors (Lipinski definition) is 5. The van der Waals surface area contributed by atoms with Gasteiger partial charge in [0.1, 0.15) is 6.04 Å². The average Bonchev–Trinajstić information content (AvgIpc) is 2.86. The van der Waals surface area contributed by atoms with E-state index in [1.807, 2.05) is 0 Å². The van der Waals surface area contributed by atoms with E-state index >= 15 is 0 Å². The van der Waals surface area contributed by atoms with E-state index in [1.54, 1.807) is 6.92 Å². The zero-order chi connectivity index (χ0) is 13.9. The predicted octanol–water partition coefficient (Wildman–Crippen LogP) is 1.92. The van der Waals surface area contributed by atoms with Gasteiger partial charge in [0.05, 0.1) is 6.10 Å². The molecule has 0 unspecified atom stereocenters. The van der Waals surface area contributed by atoms with Crippen molar-refractivity contribution in [3.8, 4) is 0 Å². The maximum Gasteiger partial charge on any atom is 0.246 e. The Morgan fingerprint density at radius 2 is 1.75 bits per heavy atom. The molecule has 4 saturated carbocycles. The van der Waals surface area contributed by atoms with Gasteiger partial charge < -0.3 is 15.4 Å². The van der Waals surface area contributed by atoms with Gasteiger partial charge in [0.2, 0.25) is 5.89 Å². The van der Waals surface area contributed by atoms with Crippen LogP contribution in [-0.2, 0) is 5.41 Å². The summed E-state index contributed by atoms with van der Waals surface area (Å²) in [4.78, 5) is 4.56. The number of nitrogens with zero attached hydrogens (tertiary/aromatic N) is 2. The molecule has 4 aliphatic rings. The lowest BCUT2D eigenvalue weighted by Crippen LogP contribution is -2.49. The van der Waals surface area contributed by atoms with Crippen LogP contribution in [0.15, 0.2) is 4.52 Å². The van der Waals surface area contributed by atoms with Crippen LogP contribution in [0, 0.1) is 17.8 Å². The molecule has 5 heteroatoms. The van der Waals surface area contributed by atoms with Gasteiger partial charge in [-0.15, -0.1) is 0 Å². The first-order valence-corrected chi connectivity index (χ1v) is 7.83. The molecule has 20 heavy (non-hydrogen) atoms. The largest absolute Gasteiger partial charge is 0.391 e. The minimum absolute atomic E-state index is 0.134. The molecule has 1 heterocycles. The van der Waals surface area contributed by atoms with Gasteiger partial charge in [-0.2, -0.15) is 4.98 Å². The van der Waals surface area contributed by atoms with Crippen molar-refractivity contribution in [1.29, 1.82) is 0 Å². The summed E-state index contributed by atoms with van der Waals surface area (Å²) in [7, 11) is 0. The van der Waals surface area contributed by atoms with E-state index in [9.17, 15) is 5.11 Å². The van der Waals surface area contributed by atoms with Crippen molar-refractivity contribution in [2.75, 3.05) is 0 Å². The highest BCUT2D eigenvalue weighted by Gasteiger charge is 2.53. The molecular formula is C15H23N3O2. The second-order valence-electron chi connectivity index (χ2n) is 7.42. The maximum absolute atomic E-state index is 9.56. The minimum Gasteiger partial charge on any atom is -0.391 e. The summed E-state index contributed by atoms with van der Waals surface area (Å²) in [5.74, 6) is 3.80. The van der Waals surface area contributed by atoms with Crippen molar-refractivity contribution in [2.45, 2.75) is 63.0 Å². The van der Waals surface area contributed by atoms with Crippen LogP contribution in [0.5, 0.6) is 0 Å². The molecule has 2 atom stereocenters. The molecule has 5 nitrogen and oxygen atoms in total. The molecular weight excluding hydrogens is 254 g/mol. The van der Waals surface area contributed by atoms with Crippen LogP contribution in [0.4, 0.5) is 0 Å². The molecule has 4 bridgehead atoms. The molecule has 1 aromatic heterocycles. The third-order valence-electron chi connectivity index (χ3n) is 5.76. The topological polar surface area (TPSA) is 85.2 Å². The van der Waals surface area contributed by atoms with Crippen molar-refractivity contribution in [1.82, 2.24) is 10.1 Å². The van der Waals surface area contributed by atoms with Gasteiger partial charge in [0.15, 0.2) is 5.82 Å². The molecule has 0 saturated heterocycles. The van der Waals surface area contributed by atoms with Crippen LogP contribution >= 0.6 is 0 Å². The Bertz CT molecular complexity index is 476. The Labute approximate surface area is 118 Å². The molecule has 0 radical (unpaired) electrons. The summed E-state index contributed by atoms with van der Waals surface area (Å²) >= 11 is 0. The maximum atomic E-state index is 9.56. The molecule has 0 aliphatic heterocycles. The van der Waals surface area contributed by atoms with Crippen molar-refractivity contribution in [3.05, 3.63) is 11.7 Å². The van der Waals surface area contributed by atoms with Gasteiger partial charge >= 0.3 is 0 Å². The van der Waals surface area contributed by atoms with Crippen LogP contribution in [0.25, 0.3) is 0 Å². The Morgan fingerprint density at radius 1 is 1.20 bits per heavy atom. The van der Waals surface area contributed by atoms with E-state index in [2.05, 4.69) is 10.1 Å². The Kier molecular flexibility index (Phi) is 2.73. The zero-order valence-electron chi connectivity index (χ0n) is 12.0. The van der Waals surface area contributed by atoms with Crippen molar-refractivity contribution < 1.29 is 9.63 Å². The van der Waals surface area contributed by atoms with Crippen LogP contribution < -0.4 is 5.73 Å². The standard InChI is InChI=1S/C15H23N3O2/c1-8(19)12(16)13-17-14(18-20-13)15-5-9-2-10(6-15)4-11(3-9)7-15/h8-12,19H,2-7,16H2,1H3/t8-,9?,10?,11?,12+,15?/m1/s1. The van der Waals surface area contributed by atoms with E-state index < -0.39 is 12.1 Å². The first kappa shape index (κ1) is 12.8. The zero-order valence-corrected chi connectivity index (χ0v) is 12.0. The van der Waals surface area contributed by atoms with Crippen LogP contribution in [-0.4, -0.2) is 21.4 Å². The van der Waals surface area contributed by atoms with Crippen molar-refractivity contribution in [2.24, 2.45) is 23.5 Å². The van der Waals surface area contributed by atoms with Crippen molar-refractivity contribution in [3.63, 3.8) is 0 Å². The minimum atomic E-state index is -0.667. The smallest absolute Gasteiger partial charge is 0.246 e. The molecule has 4 aliphatic carbocycles. The summed E-state index contributed by atoms with van der Waals surface area (Å²) < 4.78 is 5.33. The lowest BCUT2D eigenvalue weighted by molar-refractivity contribution is -0.0103. The molecule has 0 amide bonds. The second-order valence-corrected chi connectivity index (χ2v) is 7.42. The number of rotatable bonds is 3. The SMILES string of the molecule is C[C@@H](O)[C@H](N)c1nc(C23CC4CC(CC(C4)C2)C3)no1. The second kappa shape index (κ2) is 4.28. The van der Waals surface area contributed by atoms with E-state index in [1.165, 1.54) is 38.5 Å². The van der Waals surface area contributed by atoms with Crippen LogP contribution in [0.1, 0.15) is 63.2 Å². The highest BCUT2D eigenvalue weighted by molar-refractivity contribution is 5.17. The summed E-state index contributed by atoms with van der Waals surface area (Å²) in [6.45, 7) is 1.65. The first-order valence-electron chi connectivity index (χ1n) is 7.83. The van der Waals surface area contributed by atoms with Gasteiger partial charge in [-0.1, -0.05) is 5.16 Å². The fourth-order valence-corrected chi connectivity index (χ4v) is 5.18. The van der Waals surface area contributed by atoms with Crippen LogP contribution in [0.2, 0.25) is 0 Å². The number of nitrogens with two attached hydrogens (primary N) is 1. The third kappa shape index (κ3) is 1.83. The van der Waals surface area contributed by atoms with Gasteiger partial charge in [-0.3, -0.25) is 0 Å². The summed E-state index contributed by atoms with van der Waals surface area (Å²) in [5.41, 5.74) is 6.03. The van der Waals surface area contributed by atoms with Gasteiger partial charge in [0.25, 0.3) is 0 Å². The predicted molar refractivity (Wildman–Crippen MR) is 72.8 cm³/mol. The summed E-state index contributed by atoms with van der Waals surface area (Å²) in [6, 6.07) is -0.579. The monoisotopic (exact) mass is 277 g/mol. The van der Waals surface area contributed by atoms with Gasteiger partial charge in [-0.25, -0.2) is 0 Å². The Morgan fingerprint density at radius 3 is 2.25 bits per heavy atom. The molecule has 4 fully saturated rings. The molecule has 3 N–H and O–H groups in total. The van der Waals surface area contributed by atoms with E-state index in [-0.39, 0.29) is 5.41 Å². The average molecular weight is 277 g/mol. The Balaban J connectivity index is 1.64. The molecule has 0 spiro atoms. The summed E-state index contributed by atoms with van der Waals surface area (Å²) in [6.07, 6.45) is 7.16. The molecule has 0 aromatic carbocycles. The fraction of sp³-hybridized carbons (Fsp3) is 0.867. The van der Waals surface area contributed by atoms with E-state index in [0.29, 0.717) is 5.89 Å². The lowest BCUT2D eigenvalue weighted by atomic mass is 9.49. The first-order chi connectivity index (χ1) is 9.56. The highest BCUT2D eigenvalue weighted by Crippen LogP contribution is 2.60. The van der Waals surface area contributed by atoms with Gasteiger partial charge in [-0.05, 0) is 63.2 Å². The number of aliphatic hydroxyl groups excluding tert-OH is 1. The number of hydrogen-bond donors (Lipinski definition) is 2. The third-order valence-corrected chi connectivity index (χ3v) is 5.76. The Hall–Kier alpha value is -0.940. The van der Waals surface area contributed by atoms with Gasteiger partial charge in [0, 0.05) is 5.41 Å². The normalized spacial score (nSPS) is 41.9. The van der Waals surface area contributed by atoms with Crippen molar-refractivity contribution >= 4 is 0 Å². The lowest BCUT2D eigenvalue weighted by Gasteiger charge is -2.55. The molecule has 110 valence electrons. The highest BCUT2D eigenvalue weighted by atomic mass is 16.5. The van der Waals surface area contributed by atoms with Crippen LogP contribution in [0.3, 0.4) is 0 Å². The number of aliphatic hydroxyl groups is 1. The molecule has 5 rings (SSSR count). The molecule has 1 aromatic rings.